The third kappa shape index (κ3) is 3.72. The summed E-state index contributed by atoms with van der Waals surface area (Å²) in [5.74, 6) is 0.965. The largest absolute Gasteiger partial charge is 0.381 e. The van der Waals surface area contributed by atoms with Gasteiger partial charge in [-0.15, -0.1) is 0 Å². The van der Waals surface area contributed by atoms with Crippen LogP contribution < -0.4 is 10.2 Å². The maximum Gasteiger partial charge on any atom is 0.230 e. The first-order valence-electron chi connectivity index (χ1n) is 11.8. The SMILES string of the molecule is COC1CCC(C(=O)N2Cc3cccnc3Nc3ccc(-c4cnc5cc[nH]c5c4)cc32)CC1. The van der Waals surface area contributed by atoms with Gasteiger partial charge >= 0.3 is 0 Å². The lowest BCUT2D eigenvalue weighted by Crippen LogP contribution is -2.38. The molecule has 3 aromatic heterocycles. The van der Waals surface area contributed by atoms with E-state index in [0.717, 1.165) is 70.6 Å². The zero-order chi connectivity index (χ0) is 23.1. The molecular formula is C27H27N5O2. The second kappa shape index (κ2) is 8.57. The van der Waals surface area contributed by atoms with Gasteiger partial charge in [0.15, 0.2) is 0 Å². The number of nitrogens with one attached hydrogen (secondary N) is 2. The molecule has 0 atom stereocenters. The maximum atomic E-state index is 13.9. The summed E-state index contributed by atoms with van der Waals surface area (Å²) in [7, 11) is 1.76. The van der Waals surface area contributed by atoms with Crippen molar-refractivity contribution in [2.24, 2.45) is 5.92 Å². The average molecular weight is 454 g/mol. The number of amides is 1. The molecular weight excluding hydrogens is 426 g/mol. The lowest BCUT2D eigenvalue weighted by molar-refractivity contribution is -0.124. The first-order valence-corrected chi connectivity index (χ1v) is 11.8. The van der Waals surface area contributed by atoms with Crippen LogP contribution in [0.25, 0.3) is 22.2 Å². The summed E-state index contributed by atoms with van der Waals surface area (Å²) in [5.41, 5.74) is 6.72. The van der Waals surface area contributed by atoms with Crippen molar-refractivity contribution in [1.29, 1.82) is 0 Å². The third-order valence-electron chi connectivity index (χ3n) is 7.12. The van der Waals surface area contributed by atoms with Gasteiger partial charge in [0.05, 0.1) is 35.1 Å². The number of aromatic amines is 1. The smallest absolute Gasteiger partial charge is 0.230 e. The van der Waals surface area contributed by atoms with E-state index < -0.39 is 0 Å². The van der Waals surface area contributed by atoms with Crippen molar-refractivity contribution < 1.29 is 9.53 Å². The van der Waals surface area contributed by atoms with Crippen LogP contribution in [0.4, 0.5) is 17.2 Å². The van der Waals surface area contributed by atoms with Gasteiger partial charge in [-0.1, -0.05) is 12.1 Å². The molecule has 7 nitrogen and oxygen atoms in total. The summed E-state index contributed by atoms with van der Waals surface area (Å²) >= 11 is 0. The van der Waals surface area contributed by atoms with E-state index in [-0.39, 0.29) is 17.9 Å². The molecule has 0 bridgehead atoms. The van der Waals surface area contributed by atoms with Crippen LogP contribution in [-0.4, -0.2) is 34.1 Å². The third-order valence-corrected chi connectivity index (χ3v) is 7.12. The van der Waals surface area contributed by atoms with Crippen LogP contribution in [0, 0.1) is 5.92 Å². The second-order valence-corrected chi connectivity index (χ2v) is 9.14. The first kappa shape index (κ1) is 20.9. The molecule has 0 spiro atoms. The highest BCUT2D eigenvalue weighted by atomic mass is 16.5. The van der Waals surface area contributed by atoms with Gasteiger partial charge in [0.25, 0.3) is 0 Å². The number of fused-ring (bicyclic) bond motifs is 3. The Bertz CT molecular complexity index is 1360. The Morgan fingerprint density at radius 1 is 1.06 bits per heavy atom. The van der Waals surface area contributed by atoms with Gasteiger partial charge in [0.1, 0.15) is 5.82 Å². The minimum absolute atomic E-state index is 0.00179. The Morgan fingerprint density at radius 2 is 1.94 bits per heavy atom. The minimum Gasteiger partial charge on any atom is -0.381 e. The molecule has 2 aliphatic rings. The van der Waals surface area contributed by atoms with Crippen molar-refractivity contribution in [3.8, 4) is 11.1 Å². The number of hydrogen-bond donors (Lipinski definition) is 2. The first-order chi connectivity index (χ1) is 16.7. The molecule has 4 heterocycles. The standard InChI is InChI=1S/C27H27N5O2/c1-34-21-7-4-17(5-8-21)27(33)32-16-19-3-2-11-29-26(19)31-23-9-6-18(14-25(23)32)20-13-24-22(30-15-20)10-12-28-24/h2-3,6,9-15,17,21,28H,4-5,7-8,16H2,1H3,(H,29,31). The number of ether oxygens (including phenoxy) is 1. The van der Waals surface area contributed by atoms with Crippen LogP contribution >= 0.6 is 0 Å². The highest BCUT2D eigenvalue weighted by molar-refractivity contribution is 6.00. The Kier molecular flexibility index (Phi) is 5.26. The zero-order valence-electron chi connectivity index (χ0n) is 19.1. The van der Waals surface area contributed by atoms with Crippen LogP contribution in [0.15, 0.2) is 61.1 Å². The van der Waals surface area contributed by atoms with Crippen LogP contribution in [0.2, 0.25) is 0 Å². The van der Waals surface area contributed by atoms with E-state index in [2.05, 4.69) is 38.5 Å². The van der Waals surface area contributed by atoms with Gasteiger partial charge < -0.3 is 19.9 Å². The molecule has 7 heteroatoms. The van der Waals surface area contributed by atoms with Crippen LogP contribution in [0.3, 0.4) is 0 Å². The number of hydrogen-bond acceptors (Lipinski definition) is 5. The summed E-state index contributed by atoms with van der Waals surface area (Å²) in [6.45, 7) is 0.490. The molecule has 1 saturated carbocycles. The number of pyridine rings is 2. The summed E-state index contributed by atoms with van der Waals surface area (Å²) in [4.78, 5) is 28.2. The number of carbonyl (C=O) groups excluding carboxylic acids is 1. The van der Waals surface area contributed by atoms with Crippen molar-refractivity contribution in [2.45, 2.75) is 38.3 Å². The normalized spacial score (nSPS) is 19.7. The van der Waals surface area contributed by atoms with Crippen LogP contribution in [-0.2, 0) is 16.1 Å². The van der Waals surface area contributed by atoms with Gasteiger partial charge in [0.2, 0.25) is 5.91 Å². The maximum absolute atomic E-state index is 13.9. The number of aromatic nitrogens is 3. The lowest BCUT2D eigenvalue weighted by Gasteiger charge is -2.32. The molecule has 172 valence electrons. The number of anilines is 3. The van der Waals surface area contributed by atoms with Gasteiger partial charge in [-0.2, -0.15) is 0 Å². The highest BCUT2D eigenvalue weighted by Gasteiger charge is 2.33. The fourth-order valence-corrected chi connectivity index (χ4v) is 5.16. The van der Waals surface area contributed by atoms with Crippen molar-refractivity contribution in [3.05, 3.63) is 66.6 Å². The summed E-state index contributed by atoms with van der Waals surface area (Å²) < 4.78 is 5.53. The molecule has 2 N–H and O–H groups in total. The Morgan fingerprint density at radius 3 is 2.79 bits per heavy atom. The van der Waals surface area contributed by atoms with Gasteiger partial charge in [-0.25, -0.2) is 4.98 Å². The van der Waals surface area contributed by atoms with Crippen molar-refractivity contribution in [3.63, 3.8) is 0 Å². The summed E-state index contributed by atoms with van der Waals surface area (Å²) in [5, 5.41) is 3.46. The van der Waals surface area contributed by atoms with E-state index >= 15 is 0 Å². The molecule has 0 unspecified atom stereocenters. The van der Waals surface area contributed by atoms with E-state index in [4.69, 9.17) is 4.74 Å². The van der Waals surface area contributed by atoms with E-state index in [9.17, 15) is 4.79 Å². The van der Waals surface area contributed by atoms with Crippen LogP contribution in [0.1, 0.15) is 31.2 Å². The molecule has 0 radical (unpaired) electrons. The summed E-state index contributed by atoms with van der Waals surface area (Å²) in [6, 6.07) is 14.2. The number of benzene rings is 1. The molecule has 1 fully saturated rings. The number of methoxy groups -OCH3 is 1. The summed E-state index contributed by atoms with van der Waals surface area (Å²) in [6.07, 6.45) is 9.36. The minimum atomic E-state index is -0.00179. The number of carbonyl (C=O) groups is 1. The quantitative estimate of drug-likeness (QED) is 0.433. The Balaban J connectivity index is 1.40. The lowest BCUT2D eigenvalue weighted by atomic mass is 9.86. The van der Waals surface area contributed by atoms with Crippen LogP contribution in [0.5, 0.6) is 0 Å². The van der Waals surface area contributed by atoms with Gasteiger partial charge in [0, 0.05) is 42.7 Å². The molecule has 1 aliphatic heterocycles. The topological polar surface area (TPSA) is 83.1 Å². The molecule has 1 amide bonds. The number of nitrogens with zero attached hydrogens (tertiary/aromatic N) is 3. The highest BCUT2D eigenvalue weighted by Crippen LogP contribution is 2.40. The molecule has 4 aromatic rings. The monoisotopic (exact) mass is 453 g/mol. The molecule has 34 heavy (non-hydrogen) atoms. The zero-order valence-corrected chi connectivity index (χ0v) is 19.1. The van der Waals surface area contributed by atoms with Crippen molar-refractivity contribution in [1.82, 2.24) is 15.0 Å². The number of rotatable bonds is 3. The molecule has 1 aromatic carbocycles. The molecule has 0 saturated heterocycles. The molecule has 1 aliphatic carbocycles. The van der Waals surface area contributed by atoms with E-state index in [1.165, 1.54) is 0 Å². The average Bonchev–Trinajstić information content (AvgIpc) is 3.29. The van der Waals surface area contributed by atoms with E-state index in [1.54, 1.807) is 13.3 Å². The van der Waals surface area contributed by atoms with Crippen molar-refractivity contribution in [2.75, 3.05) is 17.3 Å². The second-order valence-electron chi connectivity index (χ2n) is 9.14. The molecule has 6 rings (SSSR count). The fourth-order valence-electron chi connectivity index (χ4n) is 5.16. The van der Waals surface area contributed by atoms with E-state index in [1.807, 2.05) is 41.6 Å². The predicted molar refractivity (Wildman–Crippen MR) is 133 cm³/mol. The Hall–Kier alpha value is -3.71. The van der Waals surface area contributed by atoms with Gasteiger partial charge in [-0.05, 0) is 61.6 Å². The predicted octanol–water partition coefficient (Wildman–Crippen LogP) is 5.42. The number of H-pyrrole nitrogens is 1. The van der Waals surface area contributed by atoms with E-state index in [0.29, 0.717) is 6.54 Å². The van der Waals surface area contributed by atoms with Gasteiger partial charge in [-0.3, -0.25) is 9.78 Å². The Labute approximate surface area is 198 Å². The van der Waals surface area contributed by atoms with Crippen molar-refractivity contribution >= 4 is 34.1 Å². The fraction of sp³-hybridized carbons (Fsp3) is 0.296.